The Kier molecular flexibility index (Phi) is 15.5. The molecule has 0 fully saturated rings. The lowest BCUT2D eigenvalue weighted by Gasteiger charge is -2.36. The Balaban J connectivity index is 0.904. The average molecular weight is 1160 g/mol. The van der Waals surface area contributed by atoms with Gasteiger partial charge in [-0.1, -0.05) is 208 Å². The third kappa shape index (κ3) is 9.97. The molecule has 0 spiro atoms. The summed E-state index contributed by atoms with van der Waals surface area (Å²) in [7, 11) is 0. The number of ether oxygens (including phenoxy) is 2. The van der Waals surface area contributed by atoms with Crippen LogP contribution in [0, 0.1) is 25.5 Å². The molecule has 0 saturated heterocycles. The zero-order chi connectivity index (χ0) is 61.2. The molecule has 6 heteroatoms. The molecule has 2 aliphatic carbocycles. The summed E-state index contributed by atoms with van der Waals surface area (Å²) in [5, 5.41) is 0. The number of rotatable bonds is 19. The summed E-state index contributed by atoms with van der Waals surface area (Å²) in [5.41, 5.74) is 19.7. The summed E-state index contributed by atoms with van der Waals surface area (Å²) in [6, 6.07) is 87.8. The first-order chi connectivity index (χ1) is 43.6. The van der Waals surface area contributed by atoms with E-state index in [4.69, 9.17) is 9.47 Å². The van der Waals surface area contributed by atoms with E-state index in [1.54, 1.807) is 38.1 Å². The minimum Gasteiger partial charge on any atom is -0.490 e. The zero-order valence-corrected chi connectivity index (χ0v) is 50.1. The van der Waals surface area contributed by atoms with Crippen molar-refractivity contribution in [3.63, 3.8) is 0 Å². The molecule has 0 N–H and O–H groups in total. The smallest absolute Gasteiger partial charge is 0.128 e. The first-order valence-corrected chi connectivity index (χ1v) is 30.1. The molecule has 0 saturated carbocycles. The number of benzene rings is 11. The second-order valence-corrected chi connectivity index (χ2v) is 22.6. The van der Waals surface area contributed by atoms with E-state index in [0.717, 1.165) is 107 Å². The highest BCUT2D eigenvalue weighted by molar-refractivity contribution is 5.94. The third-order valence-electron chi connectivity index (χ3n) is 17.6. The van der Waals surface area contributed by atoms with Gasteiger partial charge in [0.05, 0.1) is 10.8 Å². The van der Waals surface area contributed by atoms with Gasteiger partial charge in [-0.15, -0.1) is 0 Å². The van der Waals surface area contributed by atoms with Crippen LogP contribution in [0.5, 0.6) is 11.5 Å². The van der Waals surface area contributed by atoms with Crippen molar-refractivity contribution in [1.29, 1.82) is 0 Å². The standard InChI is InChI=1S/C83H66F2N2O2/c1-7-19-76-72(10-4)74-48-42-66(52-78(74)82(76,60-20-13-11-14-21-60)62-32-44-70(45-33-62)88-50-8-2)86(68-36-26-56(5)80(84)54-68)64-38-28-58(29-39-64)59-30-40-65(41-31-59)87(69-37-27-57(6)81(85)55-69)67-43-49-75-73-24-17-18-25-77(73)83(79(75)53-67,61-22-15-12-16-23-61)63-34-46-71(47-35-63)89-51-9-3/h7-49,52-55H,2-4,50-51H2,1,5-6H3/b19-7-. The van der Waals surface area contributed by atoms with Gasteiger partial charge in [-0.3, -0.25) is 0 Å². The number of allylic oxidation sites excluding steroid dienone is 5. The van der Waals surface area contributed by atoms with Crippen LogP contribution in [-0.4, -0.2) is 13.2 Å². The summed E-state index contributed by atoms with van der Waals surface area (Å²) in [6.45, 7) is 18.5. The van der Waals surface area contributed by atoms with Crippen molar-refractivity contribution in [2.24, 2.45) is 0 Å². The topological polar surface area (TPSA) is 24.9 Å². The lowest BCUT2D eigenvalue weighted by molar-refractivity contribution is 0.363. The van der Waals surface area contributed by atoms with Crippen molar-refractivity contribution < 1.29 is 18.3 Å². The normalized spacial score (nSPS) is 15.5. The number of nitrogens with zero attached hydrogens (tertiary/aromatic N) is 2. The van der Waals surface area contributed by atoms with Gasteiger partial charge in [0.2, 0.25) is 0 Å². The summed E-state index contributed by atoms with van der Waals surface area (Å²) in [5.74, 6) is 0.932. The number of aryl methyl sites for hydroxylation is 2. The van der Waals surface area contributed by atoms with Crippen LogP contribution in [0.15, 0.2) is 310 Å². The lowest BCUT2D eigenvalue weighted by Crippen LogP contribution is -2.29. The maximum Gasteiger partial charge on any atom is 0.128 e. The molecule has 0 aliphatic heterocycles. The van der Waals surface area contributed by atoms with Gasteiger partial charge in [0.1, 0.15) is 36.3 Å². The molecule has 434 valence electrons. The third-order valence-corrected chi connectivity index (χ3v) is 17.6. The average Bonchev–Trinajstić information content (AvgIpc) is 1.58. The van der Waals surface area contributed by atoms with E-state index < -0.39 is 10.8 Å². The molecule has 0 amide bonds. The van der Waals surface area contributed by atoms with E-state index in [-0.39, 0.29) is 11.6 Å². The molecular weight excluding hydrogens is 1090 g/mol. The molecule has 0 bridgehead atoms. The van der Waals surface area contributed by atoms with Gasteiger partial charge in [-0.25, -0.2) is 8.78 Å². The molecular formula is C83H66F2N2O2. The molecule has 0 aromatic heterocycles. The minimum absolute atomic E-state index is 0.287. The number of fused-ring (bicyclic) bond motifs is 4. The molecule has 2 atom stereocenters. The first kappa shape index (κ1) is 57.3. The van der Waals surface area contributed by atoms with Crippen LogP contribution in [0.4, 0.5) is 42.9 Å². The Labute approximate surface area is 521 Å². The van der Waals surface area contributed by atoms with Crippen LogP contribution in [0.2, 0.25) is 0 Å². The first-order valence-electron chi connectivity index (χ1n) is 30.1. The molecule has 2 aliphatic rings. The number of halogens is 2. The van der Waals surface area contributed by atoms with Crippen molar-refractivity contribution in [1.82, 2.24) is 0 Å². The van der Waals surface area contributed by atoms with Crippen LogP contribution in [0.25, 0.3) is 27.8 Å². The fourth-order valence-electron chi connectivity index (χ4n) is 13.5. The van der Waals surface area contributed by atoms with E-state index in [9.17, 15) is 0 Å². The Bertz CT molecular complexity index is 4530. The minimum atomic E-state index is -0.767. The second kappa shape index (κ2) is 24.2. The summed E-state index contributed by atoms with van der Waals surface area (Å²) in [6.07, 6.45) is 9.75. The SMILES string of the molecule is C=CCOc1ccc(C2(c3ccccc3)C(/C=C\C)=C(C=C)c3ccc(N(c4ccc(-c5ccc(N(c6ccc(C)c(F)c6)c6ccc7c(c6)C(c6ccccc6)(c6ccc(OCC=C)cc6)c6ccccc6-7)cc5)cc4)c4ccc(C)c(F)c4)cc32)cc1. The van der Waals surface area contributed by atoms with Gasteiger partial charge in [0.25, 0.3) is 0 Å². The number of anilines is 6. The second-order valence-electron chi connectivity index (χ2n) is 22.6. The van der Waals surface area contributed by atoms with Crippen LogP contribution >= 0.6 is 0 Å². The molecule has 0 heterocycles. The highest BCUT2D eigenvalue weighted by Crippen LogP contribution is 2.59. The fourth-order valence-corrected chi connectivity index (χ4v) is 13.5. The predicted molar refractivity (Wildman–Crippen MR) is 364 cm³/mol. The Morgan fingerprint density at radius 1 is 0.393 bits per heavy atom. The Morgan fingerprint density at radius 3 is 1.26 bits per heavy atom. The quantitative estimate of drug-likeness (QED) is 0.0754. The molecule has 11 aromatic rings. The van der Waals surface area contributed by atoms with Crippen LogP contribution < -0.4 is 19.3 Å². The molecule has 4 nitrogen and oxygen atoms in total. The monoisotopic (exact) mass is 1160 g/mol. The van der Waals surface area contributed by atoms with Gasteiger partial charge in [0.15, 0.2) is 0 Å². The molecule has 2 unspecified atom stereocenters. The zero-order valence-electron chi connectivity index (χ0n) is 50.1. The van der Waals surface area contributed by atoms with Gasteiger partial charge in [0, 0.05) is 34.1 Å². The Morgan fingerprint density at radius 2 is 0.787 bits per heavy atom. The van der Waals surface area contributed by atoms with Crippen molar-refractivity contribution in [2.75, 3.05) is 23.0 Å². The fraction of sp³-hybridized carbons (Fsp3) is 0.0843. The summed E-state index contributed by atoms with van der Waals surface area (Å²) in [4.78, 5) is 4.28. The molecule has 13 rings (SSSR count). The van der Waals surface area contributed by atoms with Gasteiger partial charge < -0.3 is 19.3 Å². The molecule has 0 radical (unpaired) electrons. The lowest BCUT2D eigenvalue weighted by atomic mass is 9.66. The maximum absolute atomic E-state index is 16.0. The largest absolute Gasteiger partial charge is 0.490 e. The number of hydrogen-bond acceptors (Lipinski definition) is 4. The van der Waals surface area contributed by atoms with Crippen molar-refractivity contribution in [3.05, 3.63) is 378 Å². The number of hydrogen-bond donors (Lipinski definition) is 0. The highest BCUT2D eigenvalue weighted by atomic mass is 19.1. The summed E-state index contributed by atoms with van der Waals surface area (Å²) >= 11 is 0. The van der Waals surface area contributed by atoms with Gasteiger partial charge in [-0.05, 0) is 207 Å². The van der Waals surface area contributed by atoms with Gasteiger partial charge >= 0.3 is 0 Å². The summed E-state index contributed by atoms with van der Waals surface area (Å²) < 4.78 is 43.9. The van der Waals surface area contributed by atoms with E-state index in [1.807, 2.05) is 67.6 Å². The van der Waals surface area contributed by atoms with E-state index in [0.29, 0.717) is 35.7 Å². The van der Waals surface area contributed by atoms with Gasteiger partial charge in [-0.2, -0.15) is 0 Å². The van der Waals surface area contributed by atoms with Crippen LogP contribution in [-0.2, 0) is 10.8 Å². The van der Waals surface area contributed by atoms with E-state index in [2.05, 4.69) is 230 Å². The van der Waals surface area contributed by atoms with Crippen LogP contribution in [0.3, 0.4) is 0 Å². The van der Waals surface area contributed by atoms with Crippen LogP contribution in [0.1, 0.15) is 62.6 Å². The Hall–Kier alpha value is -10.8. The highest BCUT2D eigenvalue weighted by Gasteiger charge is 2.48. The molecule has 11 aromatic carbocycles. The van der Waals surface area contributed by atoms with Crippen molar-refractivity contribution >= 4 is 39.7 Å². The maximum atomic E-state index is 16.0. The van der Waals surface area contributed by atoms with E-state index >= 15 is 8.78 Å². The molecule has 89 heavy (non-hydrogen) atoms. The predicted octanol–water partition coefficient (Wildman–Crippen LogP) is 21.5. The van der Waals surface area contributed by atoms with E-state index in [1.165, 1.54) is 5.56 Å². The van der Waals surface area contributed by atoms with Crippen molar-refractivity contribution in [2.45, 2.75) is 31.6 Å². The van der Waals surface area contributed by atoms with Crippen molar-refractivity contribution in [3.8, 4) is 33.8 Å².